The summed E-state index contributed by atoms with van der Waals surface area (Å²) in [7, 11) is 4.08. The molecule has 0 spiro atoms. The molecule has 126 valence electrons. The van der Waals surface area contributed by atoms with Crippen LogP contribution in [-0.2, 0) is 13.6 Å². The predicted octanol–water partition coefficient (Wildman–Crippen LogP) is 3.13. The van der Waals surface area contributed by atoms with Crippen molar-refractivity contribution >= 4 is 5.96 Å². The van der Waals surface area contributed by atoms with Crippen molar-refractivity contribution in [1.29, 1.82) is 0 Å². The van der Waals surface area contributed by atoms with E-state index in [1.54, 1.807) is 0 Å². The molecule has 1 aromatic rings. The van der Waals surface area contributed by atoms with Gasteiger partial charge in [0.1, 0.15) is 0 Å². The molecule has 0 atom stereocenters. The molecule has 0 unspecified atom stereocenters. The van der Waals surface area contributed by atoms with Gasteiger partial charge < -0.3 is 10.2 Å². The highest BCUT2D eigenvalue weighted by Gasteiger charge is 2.14. The molecule has 0 amide bonds. The van der Waals surface area contributed by atoms with E-state index < -0.39 is 0 Å². The monoisotopic (exact) mass is 307 g/mol. The third-order valence-electron chi connectivity index (χ3n) is 3.61. The van der Waals surface area contributed by atoms with Crippen molar-refractivity contribution in [3.63, 3.8) is 0 Å². The van der Waals surface area contributed by atoms with Crippen LogP contribution in [0.25, 0.3) is 0 Å². The van der Waals surface area contributed by atoms with Gasteiger partial charge in [0.15, 0.2) is 5.96 Å². The molecule has 1 rings (SSSR count). The number of rotatable bonds is 8. The molecular weight excluding hydrogens is 274 g/mol. The average molecular weight is 307 g/mol. The SMILES string of the molecule is CCCCCN=C(NCC)N(C)Cc1cn(C)nc1C(C)C. The van der Waals surface area contributed by atoms with Crippen molar-refractivity contribution in [2.75, 3.05) is 20.1 Å². The summed E-state index contributed by atoms with van der Waals surface area (Å²) < 4.78 is 1.91. The first-order chi connectivity index (χ1) is 10.5. The van der Waals surface area contributed by atoms with Crippen LogP contribution < -0.4 is 5.32 Å². The van der Waals surface area contributed by atoms with Gasteiger partial charge in [0, 0.05) is 45.5 Å². The first-order valence-electron chi connectivity index (χ1n) is 8.51. The Hall–Kier alpha value is -1.52. The van der Waals surface area contributed by atoms with Gasteiger partial charge in [0.05, 0.1) is 5.69 Å². The van der Waals surface area contributed by atoms with Crippen molar-refractivity contribution in [2.24, 2.45) is 12.0 Å². The number of hydrogen-bond donors (Lipinski definition) is 1. The molecule has 0 fully saturated rings. The van der Waals surface area contributed by atoms with Gasteiger partial charge in [-0.2, -0.15) is 5.10 Å². The normalized spacial score (nSPS) is 12.0. The summed E-state index contributed by atoms with van der Waals surface area (Å²) in [6, 6.07) is 0. The van der Waals surface area contributed by atoms with Crippen LogP contribution in [-0.4, -0.2) is 40.8 Å². The third kappa shape index (κ3) is 5.70. The van der Waals surface area contributed by atoms with E-state index in [2.05, 4.69) is 56.3 Å². The van der Waals surface area contributed by atoms with Crippen molar-refractivity contribution < 1.29 is 0 Å². The zero-order valence-corrected chi connectivity index (χ0v) is 15.2. The van der Waals surface area contributed by atoms with Crippen LogP contribution in [0.4, 0.5) is 0 Å². The van der Waals surface area contributed by atoms with Gasteiger partial charge >= 0.3 is 0 Å². The molecule has 0 radical (unpaired) electrons. The molecule has 0 aliphatic carbocycles. The van der Waals surface area contributed by atoms with Gasteiger partial charge in [-0.1, -0.05) is 33.6 Å². The van der Waals surface area contributed by atoms with Crippen LogP contribution in [0, 0.1) is 0 Å². The topological polar surface area (TPSA) is 45.5 Å². The maximum atomic E-state index is 4.73. The number of guanidine groups is 1. The summed E-state index contributed by atoms with van der Waals surface area (Å²) in [5.74, 6) is 1.42. The first-order valence-corrected chi connectivity index (χ1v) is 8.51. The molecule has 0 bridgehead atoms. The second-order valence-corrected chi connectivity index (χ2v) is 6.17. The number of nitrogens with zero attached hydrogens (tertiary/aromatic N) is 4. The number of hydrogen-bond acceptors (Lipinski definition) is 2. The zero-order valence-electron chi connectivity index (χ0n) is 15.2. The third-order valence-corrected chi connectivity index (χ3v) is 3.61. The minimum absolute atomic E-state index is 0.439. The maximum absolute atomic E-state index is 4.73. The van der Waals surface area contributed by atoms with E-state index in [1.165, 1.54) is 24.1 Å². The Morgan fingerprint density at radius 1 is 1.36 bits per heavy atom. The van der Waals surface area contributed by atoms with Crippen LogP contribution in [0.5, 0.6) is 0 Å². The fourth-order valence-corrected chi connectivity index (χ4v) is 2.51. The molecule has 5 heteroatoms. The van der Waals surface area contributed by atoms with Gasteiger partial charge in [-0.25, -0.2) is 0 Å². The van der Waals surface area contributed by atoms with Gasteiger partial charge in [-0.3, -0.25) is 9.67 Å². The molecule has 22 heavy (non-hydrogen) atoms. The second kappa shape index (κ2) is 9.49. The highest BCUT2D eigenvalue weighted by molar-refractivity contribution is 5.79. The maximum Gasteiger partial charge on any atom is 0.193 e. The molecule has 0 saturated carbocycles. The molecule has 0 aliphatic heterocycles. The molecule has 0 aromatic carbocycles. The number of aryl methyl sites for hydroxylation is 1. The van der Waals surface area contributed by atoms with Crippen LogP contribution in [0.2, 0.25) is 0 Å². The lowest BCUT2D eigenvalue weighted by Gasteiger charge is -2.22. The molecule has 5 nitrogen and oxygen atoms in total. The van der Waals surface area contributed by atoms with E-state index in [1.807, 2.05) is 11.7 Å². The van der Waals surface area contributed by atoms with E-state index in [0.29, 0.717) is 5.92 Å². The van der Waals surface area contributed by atoms with E-state index in [4.69, 9.17) is 4.99 Å². The summed E-state index contributed by atoms with van der Waals surface area (Å²) >= 11 is 0. The van der Waals surface area contributed by atoms with Crippen molar-refractivity contribution in [2.45, 2.75) is 59.4 Å². The largest absolute Gasteiger partial charge is 0.357 e. The lowest BCUT2D eigenvalue weighted by molar-refractivity contribution is 0.473. The van der Waals surface area contributed by atoms with Gasteiger partial charge in [-0.05, 0) is 19.3 Å². The van der Waals surface area contributed by atoms with E-state index in [9.17, 15) is 0 Å². The molecular formula is C17H33N5. The number of unbranched alkanes of at least 4 members (excludes halogenated alkanes) is 2. The zero-order chi connectivity index (χ0) is 16.5. The Morgan fingerprint density at radius 2 is 2.09 bits per heavy atom. The predicted molar refractivity (Wildman–Crippen MR) is 94.3 cm³/mol. The summed E-state index contributed by atoms with van der Waals surface area (Å²) in [6.45, 7) is 11.3. The lowest BCUT2D eigenvalue weighted by Crippen LogP contribution is -2.38. The summed E-state index contributed by atoms with van der Waals surface area (Å²) in [6.07, 6.45) is 5.75. The van der Waals surface area contributed by atoms with Crippen molar-refractivity contribution in [1.82, 2.24) is 20.0 Å². The second-order valence-electron chi connectivity index (χ2n) is 6.17. The quantitative estimate of drug-likeness (QED) is 0.456. The minimum Gasteiger partial charge on any atom is -0.357 e. The number of nitrogens with one attached hydrogen (secondary N) is 1. The van der Waals surface area contributed by atoms with Gasteiger partial charge in [-0.15, -0.1) is 0 Å². The van der Waals surface area contributed by atoms with Crippen LogP contribution >= 0.6 is 0 Å². The standard InChI is InChI=1S/C17H33N5/c1-7-9-10-11-19-17(18-8-2)21(5)12-15-13-22(6)20-16(15)14(3)4/h13-14H,7-12H2,1-6H3,(H,18,19). The van der Waals surface area contributed by atoms with Crippen LogP contribution in [0.15, 0.2) is 11.2 Å². The smallest absolute Gasteiger partial charge is 0.193 e. The highest BCUT2D eigenvalue weighted by Crippen LogP contribution is 2.18. The molecule has 0 saturated heterocycles. The number of aromatic nitrogens is 2. The van der Waals surface area contributed by atoms with E-state index in [0.717, 1.165) is 32.0 Å². The van der Waals surface area contributed by atoms with Crippen molar-refractivity contribution in [3.05, 3.63) is 17.5 Å². The highest BCUT2D eigenvalue weighted by atomic mass is 15.3. The molecule has 0 aliphatic rings. The van der Waals surface area contributed by atoms with Crippen LogP contribution in [0.3, 0.4) is 0 Å². The average Bonchev–Trinajstić information content (AvgIpc) is 2.83. The fraction of sp³-hybridized carbons (Fsp3) is 0.765. The van der Waals surface area contributed by atoms with Crippen molar-refractivity contribution in [3.8, 4) is 0 Å². The Morgan fingerprint density at radius 3 is 2.68 bits per heavy atom. The van der Waals surface area contributed by atoms with Gasteiger partial charge in [0.2, 0.25) is 0 Å². The minimum atomic E-state index is 0.439. The Bertz CT molecular complexity index is 462. The van der Waals surface area contributed by atoms with Gasteiger partial charge in [0.25, 0.3) is 0 Å². The Balaban J connectivity index is 2.76. The summed E-state index contributed by atoms with van der Waals surface area (Å²) in [5, 5.41) is 7.97. The number of aliphatic imine (C=N–C) groups is 1. The first kappa shape index (κ1) is 18.5. The fourth-order valence-electron chi connectivity index (χ4n) is 2.51. The molecule has 1 N–H and O–H groups in total. The van der Waals surface area contributed by atoms with Crippen LogP contribution in [0.1, 0.15) is 64.1 Å². The Labute approximate surface area is 135 Å². The summed E-state index contributed by atoms with van der Waals surface area (Å²) in [5.41, 5.74) is 2.45. The molecule has 1 heterocycles. The summed E-state index contributed by atoms with van der Waals surface area (Å²) in [4.78, 5) is 6.93. The lowest BCUT2D eigenvalue weighted by atomic mass is 10.1. The Kier molecular flexibility index (Phi) is 7.99. The molecule has 1 aromatic heterocycles. The van der Waals surface area contributed by atoms with E-state index >= 15 is 0 Å². The van der Waals surface area contributed by atoms with E-state index in [-0.39, 0.29) is 0 Å².